The lowest BCUT2D eigenvalue weighted by Crippen LogP contribution is -2.26. The van der Waals surface area contributed by atoms with Gasteiger partial charge in [0.15, 0.2) is 11.5 Å². The van der Waals surface area contributed by atoms with Gasteiger partial charge >= 0.3 is 6.18 Å². The van der Waals surface area contributed by atoms with E-state index in [0.29, 0.717) is 33.7 Å². The van der Waals surface area contributed by atoms with Gasteiger partial charge in [0, 0.05) is 25.0 Å². The molecule has 3 rings (SSSR count). The molecule has 0 spiro atoms. The molecular formula is C21H21F3N2O4. The molecule has 3 aromatic rings. The molecule has 0 radical (unpaired) electrons. The predicted octanol–water partition coefficient (Wildman–Crippen LogP) is 4.48. The molecule has 2 aromatic carbocycles. The Morgan fingerprint density at radius 2 is 1.63 bits per heavy atom. The Labute approximate surface area is 171 Å². The van der Waals surface area contributed by atoms with E-state index < -0.39 is 11.7 Å². The van der Waals surface area contributed by atoms with E-state index in [1.165, 1.54) is 38.4 Å². The molecule has 1 N–H and O–H groups in total. The van der Waals surface area contributed by atoms with E-state index in [1.807, 2.05) is 0 Å². The molecule has 0 atom stereocenters. The third-order valence-electron chi connectivity index (χ3n) is 4.72. The molecule has 9 heteroatoms. The average molecular weight is 422 g/mol. The lowest BCUT2D eigenvalue weighted by atomic mass is 10.1. The monoisotopic (exact) mass is 422 g/mol. The van der Waals surface area contributed by atoms with Crippen LogP contribution in [-0.2, 0) is 12.7 Å². The molecule has 1 heterocycles. The zero-order valence-corrected chi connectivity index (χ0v) is 16.9. The van der Waals surface area contributed by atoms with Crippen LogP contribution >= 0.6 is 0 Å². The van der Waals surface area contributed by atoms with Crippen LogP contribution in [0.25, 0.3) is 10.9 Å². The molecule has 0 bridgehead atoms. The maximum Gasteiger partial charge on any atom is 0.416 e. The molecule has 1 amide bonds. The fourth-order valence-electron chi connectivity index (χ4n) is 3.20. The number of nitrogens with one attached hydrogen (secondary N) is 1. The number of aromatic nitrogens is 1. The lowest BCUT2D eigenvalue weighted by Gasteiger charge is -2.17. The summed E-state index contributed by atoms with van der Waals surface area (Å²) in [5, 5.41) is 0.640. The standard InChI is InChI=1S/C21H21F3N2O4/c1-26(11-12-5-7-13(8-6-12)21(22,23)24)20(27)15-9-14-16(28-2)10-17(29-3)19(30-4)18(14)25-15/h5-10,25H,11H2,1-4H3. The van der Waals surface area contributed by atoms with Crippen LogP contribution in [0.4, 0.5) is 13.2 Å². The van der Waals surface area contributed by atoms with Gasteiger partial charge in [-0.05, 0) is 23.8 Å². The smallest absolute Gasteiger partial charge is 0.416 e. The van der Waals surface area contributed by atoms with Crippen molar-refractivity contribution in [2.75, 3.05) is 28.4 Å². The van der Waals surface area contributed by atoms with Gasteiger partial charge in [-0.3, -0.25) is 4.79 Å². The molecule has 0 aliphatic rings. The molecular weight excluding hydrogens is 401 g/mol. The van der Waals surface area contributed by atoms with Crippen molar-refractivity contribution in [2.24, 2.45) is 0 Å². The normalized spacial score (nSPS) is 11.4. The van der Waals surface area contributed by atoms with Crippen LogP contribution in [-0.4, -0.2) is 44.2 Å². The number of aromatic amines is 1. The van der Waals surface area contributed by atoms with E-state index in [0.717, 1.165) is 12.1 Å². The van der Waals surface area contributed by atoms with Gasteiger partial charge in [-0.15, -0.1) is 0 Å². The summed E-state index contributed by atoms with van der Waals surface area (Å²) in [7, 11) is 6.06. The average Bonchev–Trinajstić information content (AvgIpc) is 3.16. The van der Waals surface area contributed by atoms with E-state index in [9.17, 15) is 18.0 Å². The molecule has 160 valence electrons. The first kappa shape index (κ1) is 21.4. The Morgan fingerprint density at radius 3 is 2.17 bits per heavy atom. The molecule has 0 fully saturated rings. The summed E-state index contributed by atoms with van der Waals surface area (Å²) in [5.41, 5.74) is 0.667. The number of ether oxygens (including phenoxy) is 3. The molecule has 0 aliphatic heterocycles. The zero-order chi connectivity index (χ0) is 22.1. The van der Waals surface area contributed by atoms with Crippen LogP contribution in [0.15, 0.2) is 36.4 Å². The van der Waals surface area contributed by atoms with Gasteiger partial charge in [-0.2, -0.15) is 13.2 Å². The van der Waals surface area contributed by atoms with Crippen molar-refractivity contribution >= 4 is 16.8 Å². The Balaban J connectivity index is 1.89. The van der Waals surface area contributed by atoms with Crippen LogP contribution in [0.2, 0.25) is 0 Å². The lowest BCUT2D eigenvalue weighted by molar-refractivity contribution is -0.137. The Morgan fingerprint density at radius 1 is 1.00 bits per heavy atom. The highest BCUT2D eigenvalue weighted by Gasteiger charge is 2.30. The quantitative estimate of drug-likeness (QED) is 0.636. The number of rotatable bonds is 6. The minimum Gasteiger partial charge on any atom is -0.496 e. The molecule has 6 nitrogen and oxygen atoms in total. The first-order chi connectivity index (χ1) is 14.2. The topological polar surface area (TPSA) is 63.8 Å². The Hall–Kier alpha value is -3.36. The van der Waals surface area contributed by atoms with Gasteiger partial charge in [0.2, 0.25) is 0 Å². The van der Waals surface area contributed by atoms with Gasteiger partial charge < -0.3 is 24.1 Å². The van der Waals surface area contributed by atoms with Crippen LogP contribution < -0.4 is 14.2 Å². The molecule has 1 aromatic heterocycles. The summed E-state index contributed by atoms with van der Waals surface area (Å²) in [5.74, 6) is 1.04. The van der Waals surface area contributed by atoms with Crippen molar-refractivity contribution in [2.45, 2.75) is 12.7 Å². The fraction of sp³-hybridized carbons (Fsp3) is 0.286. The van der Waals surface area contributed by atoms with E-state index >= 15 is 0 Å². The van der Waals surface area contributed by atoms with Crippen molar-refractivity contribution in [1.29, 1.82) is 0 Å². The van der Waals surface area contributed by atoms with E-state index in [-0.39, 0.29) is 18.1 Å². The molecule has 0 saturated carbocycles. The number of hydrogen-bond donors (Lipinski definition) is 1. The number of nitrogens with zero attached hydrogens (tertiary/aromatic N) is 1. The van der Waals surface area contributed by atoms with Crippen LogP contribution in [0.1, 0.15) is 21.6 Å². The number of methoxy groups -OCH3 is 3. The highest BCUT2D eigenvalue weighted by molar-refractivity contribution is 6.02. The second kappa shape index (κ2) is 8.17. The summed E-state index contributed by atoms with van der Waals surface area (Å²) in [4.78, 5) is 17.3. The Kier molecular flexibility index (Phi) is 5.82. The van der Waals surface area contributed by atoms with E-state index in [1.54, 1.807) is 19.2 Å². The summed E-state index contributed by atoms with van der Waals surface area (Å²) in [6.45, 7) is 0.143. The highest BCUT2D eigenvalue weighted by atomic mass is 19.4. The number of fused-ring (bicyclic) bond motifs is 1. The number of benzene rings is 2. The predicted molar refractivity (Wildman–Crippen MR) is 105 cm³/mol. The first-order valence-electron chi connectivity index (χ1n) is 8.92. The van der Waals surface area contributed by atoms with Gasteiger partial charge in [0.1, 0.15) is 11.4 Å². The summed E-state index contributed by atoms with van der Waals surface area (Å²) >= 11 is 0. The first-order valence-corrected chi connectivity index (χ1v) is 8.92. The number of hydrogen-bond acceptors (Lipinski definition) is 4. The minimum absolute atomic E-state index is 0.143. The summed E-state index contributed by atoms with van der Waals surface area (Å²) < 4.78 is 54.2. The van der Waals surface area contributed by atoms with Gasteiger partial charge in [-0.1, -0.05) is 12.1 Å². The number of H-pyrrole nitrogens is 1. The Bertz CT molecular complexity index is 1060. The fourth-order valence-corrected chi connectivity index (χ4v) is 3.20. The number of halogens is 3. The van der Waals surface area contributed by atoms with Gasteiger partial charge in [0.05, 0.1) is 32.4 Å². The SMILES string of the molecule is COc1cc(OC)c2cc(C(=O)N(C)Cc3ccc(C(F)(F)F)cc3)[nH]c2c1OC. The molecule has 0 aliphatic carbocycles. The van der Waals surface area contributed by atoms with Gasteiger partial charge in [0.25, 0.3) is 5.91 Å². The molecule has 30 heavy (non-hydrogen) atoms. The minimum atomic E-state index is -4.40. The van der Waals surface area contributed by atoms with Crippen molar-refractivity contribution in [3.8, 4) is 17.2 Å². The maximum atomic E-state index is 12.9. The number of carbonyl (C=O) groups excluding carboxylic acids is 1. The number of carbonyl (C=O) groups is 1. The van der Waals surface area contributed by atoms with Crippen LogP contribution in [0.3, 0.4) is 0 Å². The second-order valence-corrected chi connectivity index (χ2v) is 6.64. The van der Waals surface area contributed by atoms with Crippen LogP contribution in [0, 0.1) is 0 Å². The van der Waals surface area contributed by atoms with E-state index in [4.69, 9.17) is 14.2 Å². The third-order valence-corrected chi connectivity index (χ3v) is 4.72. The van der Waals surface area contributed by atoms with Crippen molar-refractivity contribution in [3.05, 3.63) is 53.2 Å². The summed E-state index contributed by atoms with van der Waals surface area (Å²) in [6, 6.07) is 8.01. The van der Waals surface area contributed by atoms with Crippen LogP contribution in [0.5, 0.6) is 17.2 Å². The van der Waals surface area contributed by atoms with Gasteiger partial charge in [-0.25, -0.2) is 0 Å². The number of amides is 1. The molecule has 0 saturated heterocycles. The highest BCUT2D eigenvalue weighted by Crippen LogP contribution is 2.41. The third kappa shape index (κ3) is 4.00. The second-order valence-electron chi connectivity index (χ2n) is 6.64. The maximum absolute atomic E-state index is 12.9. The summed E-state index contributed by atoms with van der Waals surface area (Å²) in [6.07, 6.45) is -4.40. The van der Waals surface area contributed by atoms with E-state index in [2.05, 4.69) is 4.98 Å². The molecule has 0 unspecified atom stereocenters. The van der Waals surface area contributed by atoms with Crippen molar-refractivity contribution < 1.29 is 32.2 Å². The van der Waals surface area contributed by atoms with Crippen molar-refractivity contribution in [3.63, 3.8) is 0 Å². The number of alkyl halides is 3. The largest absolute Gasteiger partial charge is 0.496 e. The van der Waals surface area contributed by atoms with Crippen molar-refractivity contribution in [1.82, 2.24) is 9.88 Å². The zero-order valence-electron chi connectivity index (χ0n) is 16.9.